The number of halogens is 1. The lowest BCUT2D eigenvalue weighted by Gasteiger charge is -2.10. The molecule has 0 amide bonds. The number of hydrogen-bond donors (Lipinski definition) is 2. The number of allylic oxidation sites excluding steroid dienone is 1. The molecule has 0 heterocycles. The maximum atomic E-state index is 10.8. The van der Waals surface area contributed by atoms with Crippen molar-refractivity contribution in [2.75, 3.05) is 6.54 Å². The molecular weight excluding hydrogens is 228 g/mol. The molecule has 1 atom stereocenters. The molecule has 0 aromatic carbocycles. The summed E-state index contributed by atoms with van der Waals surface area (Å²) in [5.74, 6) is -0.850. The van der Waals surface area contributed by atoms with Crippen molar-refractivity contribution >= 4 is 23.8 Å². The van der Waals surface area contributed by atoms with Gasteiger partial charge in [0.15, 0.2) is 0 Å². The van der Waals surface area contributed by atoms with Crippen molar-refractivity contribution in [3.05, 3.63) is 23.9 Å². The summed E-state index contributed by atoms with van der Waals surface area (Å²) in [5, 5.41) is 12.0. The van der Waals surface area contributed by atoms with E-state index < -0.39 is 12.0 Å². The van der Waals surface area contributed by atoms with Crippen molar-refractivity contribution in [3.8, 4) is 0 Å². The van der Waals surface area contributed by atoms with Crippen LogP contribution in [0.4, 0.5) is 0 Å². The van der Waals surface area contributed by atoms with Crippen LogP contribution in [0.1, 0.15) is 19.8 Å². The first-order valence-electron chi connectivity index (χ1n) is 5.07. The molecule has 0 aromatic rings. The second-order valence-corrected chi connectivity index (χ2v) is 3.60. The second kappa shape index (κ2) is 9.12. The van der Waals surface area contributed by atoms with E-state index in [-0.39, 0.29) is 5.16 Å². The van der Waals surface area contributed by atoms with Crippen molar-refractivity contribution in [1.82, 2.24) is 5.32 Å². The van der Waals surface area contributed by atoms with E-state index in [2.05, 4.69) is 16.9 Å². The summed E-state index contributed by atoms with van der Waals surface area (Å²) < 4.78 is 0. The van der Waals surface area contributed by atoms with Crippen molar-refractivity contribution in [2.45, 2.75) is 25.8 Å². The average molecular weight is 245 g/mol. The Kier molecular flexibility index (Phi) is 8.48. The van der Waals surface area contributed by atoms with Crippen LogP contribution in [-0.2, 0) is 4.79 Å². The van der Waals surface area contributed by atoms with E-state index in [1.54, 1.807) is 12.2 Å². The van der Waals surface area contributed by atoms with Crippen LogP contribution < -0.4 is 5.32 Å². The second-order valence-electron chi connectivity index (χ2n) is 3.16. The predicted octanol–water partition coefficient (Wildman–Crippen LogP) is 2.17. The molecule has 0 saturated carbocycles. The van der Waals surface area contributed by atoms with Gasteiger partial charge < -0.3 is 10.4 Å². The number of nitrogens with zero attached hydrogens (tertiary/aromatic N) is 1. The van der Waals surface area contributed by atoms with Crippen molar-refractivity contribution in [2.24, 2.45) is 4.99 Å². The quantitative estimate of drug-likeness (QED) is 0.508. The fraction of sp³-hybridized carbons (Fsp3) is 0.455. The summed E-state index contributed by atoms with van der Waals surface area (Å²) >= 11 is 5.41. The molecule has 0 rings (SSSR count). The van der Waals surface area contributed by atoms with Crippen molar-refractivity contribution < 1.29 is 9.90 Å². The molecule has 0 bridgehead atoms. The van der Waals surface area contributed by atoms with Crippen molar-refractivity contribution in [3.63, 3.8) is 0 Å². The highest BCUT2D eigenvalue weighted by Gasteiger charge is 2.13. The van der Waals surface area contributed by atoms with E-state index in [1.807, 2.05) is 6.92 Å². The molecule has 0 aliphatic carbocycles. The van der Waals surface area contributed by atoms with Crippen LogP contribution in [0, 0.1) is 0 Å². The molecule has 0 fully saturated rings. The zero-order chi connectivity index (χ0) is 12.4. The number of aliphatic carboxylic acids is 1. The molecule has 0 radical (unpaired) electrons. The van der Waals surface area contributed by atoms with Gasteiger partial charge in [-0.05, 0) is 25.5 Å². The normalized spacial score (nSPS) is 13.4. The Hall–Kier alpha value is -1.13. The molecule has 0 aliphatic rings. The van der Waals surface area contributed by atoms with Crippen molar-refractivity contribution in [1.29, 1.82) is 0 Å². The molecular formula is C11H17ClN2O2. The van der Waals surface area contributed by atoms with E-state index in [0.29, 0.717) is 13.0 Å². The number of aliphatic imine (C=N–C) groups is 1. The van der Waals surface area contributed by atoms with Crippen LogP contribution in [-0.4, -0.2) is 29.9 Å². The summed E-state index contributed by atoms with van der Waals surface area (Å²) in [6.07, 6.45) is 6.17. The largest absolute Gasteiger partial charge is 0.480 e. The smallest absolute Gasteiger partial charge is 0.321 e. The topological polar surface area (TPSA) is 61.7 Å². The lowest BCUT2D eigenvalue weighted by atomic mass is 10.2. The van der Waals surface area contributed by atoms with E-state index in [9.17, 15) is 4.79 Å². The van der Waals surface area contributed by atoms with Crippen LogP contribution in [0.15, 0.2) is 28.9 Å². The highest BCUT2D eigenvalue weighted by atomic mass is 35.5. The van der Waals surface area contributed by atoms with Gasteiger partial charge in [-0.15, -0.1) is 0 Å². The van der Waals surface area contributed by atoms with Gasteiger partial charge in [0, 0.05) is 6.21 Å². The molecule has 0 aliphatic heterocycles. The first-order valence-corrected chi connectivity index (χ1v) is 5.45. The zero-order valence-corrected chi connectivity index (χ0v) is 10.1. The minimum atomic E-state index is -0.850. The summed E-state index contributed by atoms with van der Waals surface area (Å²) in [4.78, 5) is 14.5. The van der Waals surface area contributed by atoms with E-state index in [0.717, 1.165) is 6.42 Å². The molecule has 4 nitrogen and oxygen atoms in total. The van der Waals surface area contributed by atoms with Gasteiger partial charge in [-0.3, -0.25) is 4.79 Å². The summed E-state index contributed by atoms with van der Waals surface area (Å²) in [5.41, 5.74) is 0. The summed E-state index contributed by atoms with van der Waals surface area (Å²) in [6.45, 7) is 6.06. The Morgan fingerprint density at radius 2 is 2.38 bits per heavy atom. The summed E-state index contributed by atoms with van der Waals surface area (Å²) in [6, 6.07) is -0.552. The van der Waals surface area contributed by atoms with Gasteiger partial charge in [0.05, 0.1) is 0 Å². The lowest BCUT2D eigenvalue weighted by molar-refractivity contribution is -0.139. The highest BCUT2D eigenvalue weighted by molar-refractivity contribution is 6.29. The maximum absolute atomic E-state index is 10.8. The third kappa shape index (κ3) is 8.20. The molecule has 2 N–H and O–H groups in total. The monoisotopic (exact) mass is 244 g/mol. The Morgan fingerprint density at radius 1 is 1.69 bits per heavy atom. The van der Waals surface area contributed by atoms with Crippen LogP contribution >= 0.6 is 11.6 Å². The fourth-order valence-electron chi connectivity index (χ4n) is 0.989. The van der Waals surface area contributed by atoms with Crippen LogP contribution in [0.2, 0.25) is 0 Å². The van der Waals surface area contributed by atoms with Gasteiger partial charge in [0.25, 0.3) is 0 Å². The molecule has 0 spiro atoms. The number of carboxylic acids is 1. The van der Waals surface area contributed by atoms with Gasteiger partial charge >= 0.3 is 5.97 Å². The Balaban J connectivity index is 4.01. The zero-order valence-electron chi connectivity index (χ0n) is 9.32. The van der Waals surface area contributed by atoms with E-state index >= 15 is 0 Å². The number of carboxylic acid groups (broad SMARTS) is 1. The van der Waals surface area contributed by atoms with Gasteiger partial charge in [0.2, 0.25) is 0 Å². The molecule has 0 unspecified atom stereocenters. The molecule has 5 heteroatoms. The van der Waals surface area contributed by atoms with Gasteiger partial charge in [-0.25, -0.2) is 4.99 Å². The summed E-state index contributed by atoms with van der Waals surface area (Å²) in [7, 11) is 0. The number of hydrogen-bond acceptors (Lipinski definition) is 3. The average Bonchev–Trinajstić information content (AvgIpc) is 2.21. The third-order valence-corrected chi connectivity index (χ3v) is 1.84. The van der Waals surface area contributed by atoms with Gasteiger partial charge in [-0.2, -0.15) is 0 Å². The number of rotatable bonds is 8. The third-order valence-electron chi connectivity index (χ3n) is 1.75. The molecule has 0 saturated heterocycles. The van der Waals surface area contributed by atoms with Crippen LogP contribution in [0.3, 0.4) is 0 Å². The molecule has 90 valence electrons. The van der Waals surface area contributed by atoms with Crippen LogP contribution in [0.25, 0.3) is 0 Å². The Bertz CT molecular complexity index is 288. The van der Waals surface area contributed by atoms with Gasteiger partial charge in [0.1, 0.15) is 11.2 Å². The van der Waals surface area contributed by atoms with Crippen LogP contribution in [0.5, 0.6) is 0 Å². The fourth-order valence-corrected chi connectivity index (χ4v) is 1.05. The number of nitrogens with one attached hydrogen (secondary N) is 1. The minimum Gasteiger partial charge on any atom is -0.480 e. The first-order chi connectivity index (χ1) is 7.57. The molecule has 16 heavy (non-hydrogen) atoms. The number of carbonyl (C=O) groups is 1. The molecule has 0 aromatic heterocycles. The SMILES string of the molecule is C=C(Cl)N=C/C=C/C[C@@H](NCCC)C(=O)O. The Morgan fingerprint density at radius 3 is 2.88 bits per heavy atom. The minimum absolute atomic E-state index is 0.198. The maximum Gasteiger partial charge on any atom is 0.321 e. The van der Waals surface area contributed by atoms with E-state index in [1.165, 1.54) is 6.21 Å². The van der Waals surface area contributed by atoms with E-state index in [4.69, 9.17) is 16.7 Å². The standard InChI is InChI=1S/C11H17ClN2O2/c1-3-7-14-10(11(15)16)6-4-5-8-13-9(2)12/h4-5,8,10,14H,2-3,6-7H2,1H3,(H,15,16)/b5-4+,13-8?/t10-/m1/s1. The van der Waals surface area contributed by atoms with Gasteiger partial charge in [-0.1, -0.05) is 31.2 Å². The Labute approximate surface area is 101 Å². The lowest BCUT2D eigenvalue weighted by Crippen LogP contribution is -2.36. The predicted molar refractivity (Wildman–Crippen MR) is 67.0 cm³/mol. The first kappa shape index (κ1) is 14.9. The highest BCUT2D eigenvalue weighted by Crippen LogP contribution is 1.97.